The Kier molecular flexibility index (Phi) is 5.61. The van der Waals surface area contributed by atoms with Crippen LogP contribution < -0.4 is 5.32 Å². The summed E-state index contributed by atoms with van der Waals surface area (Å²) in [6.45, 7) is 4.72. The van der Waals surface area contributed by atoms with Crippen LogP contribution in [0.5, 0.6) is 0 Å². The summed E-state index contributed by atoms with van der Waals surface area (Å²) in [6.07, 6.45) is 2.90. The number of rotatable bonds is 6. The van der Waals surface area contributed by atoms with E-state index in [0.29, 0.717) is 17.0 Å². The van der Waals surface area contributed by atoms with Crippen molar-refractivity contribution in [2.75, 3.05) is 19.8 Å². The van der Waals surface area contributed by atoms with Gasteiger partial charge in [-0.2, -0.15) is 0 Å². The van der Waals surface area contributed by atoms with E-state index >= 15 is 0 Å². The highest BCUT2D eigenvalue weighted by Gasteiger charge is 2.26. The van der Waals surface area contributed by atoms with Crippen molar-refractivity contribution < 1.29 is 9.13 Å². The molecule has 1 aromatic carbocycles. The van der Waals surface area contributed by atoms with Crippen LogP contribution in [0.1, 0.15) is 25.3 Å². The van der Waals surface area contributed by atoms with E-state index < -0.39 is 0 Å². The molecule has 19 heavy (non-hydrogen) atoms. The van der Waals surface area contributed by atoms with Crippen molar-refractivity contribution in [1.82, 2.24) is 5.32 Å². The van der Waals surface area contributed by atoms with Gasteiger partial charge in [-0.25, -0.2) is 4.39 Å². The van der Waals surface area contributed by atoms with Gasteiger partial charge in [0.1, 0.15) is 5.82 Å². The summed E-state index contributed by atoms with van der Waals surface area (Å²) in [6, 6.07) is 4.88. The molecule has 1 fully saturated rings. The lowest BCUT2D eigenvalue weighted by Crippen LogP contribution is -2.39. The lowest BCUT2D eigenvalue weighted by Gasteiger charge is -2.24. The van der Waals surface area contributed by atoms with Gasteiger partial charge >= 0.3 is 0 Å². The second kappa shape index (κ2) is 7.22. The topological polar surface area (TPSA) is 21.3 Å². The van der Waals surface area contributed by atoms with E-state index in [4.69, 9.17) is 16.3 Å². The van der Waals surface area contributed by atoms with E-state index in [1.165, 1.54) is 6.07 Å². The van der Waals surface area contributed by atoms with E-state index in [1.54, 1.807) is 12.1 Å². The van der Waals surface area contributed by atoms with E-state index in [2.05, 4.69) is 12.2 Å². The first-order chi connectivity index (χ1) is 9.20. The van der Waals surface area contributed by atoms with Gasteiger partial charge < -0.3 is 10.1 Å². The van der Waals surface area contributed by atoms with Gasteiger partial charge in [-0.05, 0) is 49.6 Å². The molecule has 2 atom stereocenters. The second-order valence-corrected chi connectivity index (χ2v) is 5.53. The van der Waals surface area contributed by atoms with Gasteiger partial charge in [0.15, 0.2) is 0 Å². The summed E-state index contributed by atoms with van der Waals surface area (Å²) >= 11 is 6.16. The predicted molar refractivity (Wildman–Crippen MR) is 76.1 cm³/mol. The van der Waals surface area contributed by atoms with Crippen LogP contribution in [0.4, 0.5) is 4.39 Å². The van der Waals surface area contributed by atoms with Crippen LogP contribution in [0.3, 0.4) is 0 Å². The molecule has 0 aliphatic carbocycles. The normalized spacial score (nSPS) is 20.7. The van der Waals surface area contributed by atoms with Crippen molar-refractivity contribution in [3.8, 4) is 0 Å². The maximum absolute atomic E-state index is 13.3. The molecule has 0 bridgehead atoms. The third-order valence-electron chi connectivity index (χ3n) is 3.64. The third kappa shape index (κ3) is 4.16. The Morgan fingerprint density at radius 1 is 1.53 bits per heavy atom. The van der Waals surface area contributed by atoms with Crippen molar-refractivity contribution in [2.45, 2.75) is 32.2 Å². The third-order valence-corrected chi connectivity index (χ3v) is 4.01. The van der Waals surface area contributed by atoms with Gasteiger partial charge in [-0.3, -0.25) is 0 Å². The Bertz CT molecular complexity index is 407. The summed E-state index contributed by atoms with van der Waals surface area (Å²) in [5.41, 5.74) is 0.877. The van der Waals surface area contributed by atoms with Gasteiger partial charge in [-0.15, -0.1) is 0 Å². The molecule has 1 aliphatic rings. The summed E-state index contributed by atoms with van der Waals surface area (Å²) in [7, 11) is 0. The van der Waals surface area contributed by atoms with Crippen molar-refractivity contribution >= 4 is 11.6 Å². The number of ether oxygens (including phenoxy) is 1. The second-order valence-electron chi connectivity index (χ2n) is 5.12. The Labute approximate surface area is 119 Å². The molecule has 106 valence electrons. The van der Waals surface area contributed by atoms with Crippen molar-refractivity contribution in [1.29, 1.82) is 0 Å². The standard InChI is InChI=1S/C15H21ClFNO/c1-2-6-18-15(11-5-7-19-10-11)9-12-8-13(17)3-4-14(12)16/h3-4,8,11,15,18H,2,5-7,9-10H2,1H3. The van der Waals surface area contributed by atoms with Gasteiger partial charge in [0.25, 0.3) is 0 Å². The highest BCUT2D eigenvalue weighted by molar-refractivity contribution is 6.31. The quantitative estimate of drug-likeness (QED) is 0.865. The first-order valence-corrected chi connectivity index (χ1v) is 7.33. The smallest absolute Gasteiger partial charge is 0.123 e. The molecule has 1 aliphatic heterocycles. The monoisotopic (exact) mass is 285 g/mol. The molecule has 0 aromatic heterocycles. The highest BCUT2D eigenvalue weighted by Crippen LogP contribution is 2.24. The molecule has 0 spiro atoms. The van der Waals surface area contributed by atoms with Gasteiger partial charge in [0.05, 0.1) is 6.61 Å². The van der Waals surface area contributed by atoms with E-state index in [9.17, 15) is 4.39 Å². The average Bonchev–Trinajstić information content (AvgIpc) is 2.92. The molecule has 2 nitrogen and oxygen atoms in total. The zero-order valence-electron chi connectivity index (χ0n) is 11.3. The summed E-state index contributed by atoms with van der Waals surface area (Å²) < 4.78 is 18.8. The molecule has 2 rings (SSSR count). The number of hydrogen-bond acceptors (Lipinski definition) is 2. The van der Waals surface area contributed by atoms with Crippen LogP contribution in [-0.2, 0) is 11.2 Å². The highest BCUT2D eigenvalue weighted by atomic mass is 35.5. The summed E-state index contributed by atoms with van der Waals surface area (Å²) in [4.78, 5) is 0. The average molecular weight is 286 g/mol. The molecular formula is C15H21ClFNO. The number of halogens is 2. The van der Waals surface area contributed by atoms with Crippen molar-refractivity contribution in [2.24, 2.45) is 5.92 Å². The van der Waals surface area contributed by atoms with E-state index in [1.807, 2.05) is 0 Å². The number of hydrogen-bond donors (Lipinski definition) is 1. The van der Waals surface area contributed by atoms with Gasteiger partial charge in [-0.1, -0.05) is 18.5 Å². The first-order valence-electron chi connectivity index (χ1n) is 6.95. The molecule has 1 heterocycles. The first kappa shape index (κ1) is 14.8. The maximum atomic E-state index is 13.3. The number of nitrogens with one attached hydrogen (secondary N) is 1. The fourth-order valence-electron chi connectivity index (χ4n) is 2.54. The van der Waals surface area contributed by atoms with Crippen LogP contribution in [0, 0.1) is 11.7 Å². The van der Waals surface area contributed by atoms with E-state index in [-0.39, 0.29) is 5.82 Å². The van der Waals surface area contributed by atoms with Crippen LogP contribution in [0.15, 0.2) is 18.2 Å². The predicted octanol–water partition coefficient (Wildman–Crippen LogP) is 3.43. The van der Waals surface area contributed by atoms with Crippen LogP contribution in [-0.4, -0.2) is 25.8 Å². The SMILES string of the molecule is CCCNC(Cc1cc(F)ccc1Cl)C1CCOC1. The Morgan fingerprint density at radius 3 is 3.05 bits per heavy atom. The lowest BCUT2D eigenvalue weighted by molar-refractivity contribution is 0.176. The summed E-state index contributed by atoms with van der Waals surface area (Å²) in [5.74, 6) is 0.266. The van der Waals surface area contributed by atoms with E-state index in [0.717, 1.165) is 44.6 Å². The molecule has 1 aromatic rings. The fourth-order valence-corrected chi connectivity index (χ4v) is 2.74. The Hall–Kier alpha value is -0.640. The number of benzene rings is 1. The summed E-state index contributed by atoms with van der Waals surface area (Å²) in [5, 5.41) is 4.19. The molecule has 0 radical (unpaired) electrons. The molecule has 2 unspecified atom stereocenters. The molecule has 4 heteroatoms. The molecule has 0 amide bonds. The van der Waals surface area contributed by atoms with Gasteiger partial charge in [0, 0.05) is 23.6 Å². The van der Waals surface area contributed by atoms with Crippen molar-refractivity contribution in [3.63, 3.8) is 0 Å². The molecule has 0 saturated carbocycles. The van der Waals surface area contributed by atoms with Crippen LogP contribution in [0.25, 0.3) is 0 Å². The van der Waals surface area contributed by atoms with Crippen LogP contribution in [0.2, 0.25) is 5.02 Å². The minimum Gasteiger partial charge on any atom is -0.381 e. The zero-order chi connectivity index (χ0) is 13.7. The fraction of sp³-hybridized carbons (Fsp3) is 0.600. The molecule has 1 N–H and O–H groups in total. The van der Waals surface area contributed by atoms with Crippen molar-refractivity contribution in [3.05, 3.63) is 34.6 Å². The maximum Gasteiger partial charge on any atom is 0.123 e. The minimum absolute atomic E-state index is 0.226. The largest absolute Gasteiger partial charge is 0.381 e. The molecule has 1 saturated heterocycles. The molecular weight excluding hydrogens is 265 g/mol. The Morgan fingerprint density at radius 2 is 2.37 bits per heavy atom. The zero-order valence-corrected chi connectivity index (χ0v) is 12.0. The van der Waals surface area contributed by atoms with Gasteiger partial charge in [0.2, 0.25) is 0 Å². The lowest BCUT2D eigenvalue weighted by atomic mass is 9.92. The Balaban J connectivity index is 2.07. The van der Waals surface area contributed by atoms with Crippen LogP contribution >= 0.6 is 11.6 Å². The minimum atomic E-state index is -0.226.